The zero-order chi connectivity index (χ0) is 15.1. The number of hydrogen-bond acceptors (Lipinski definition) is 4. The van der Waals surface area contributed by atoms with Crippen LogP contribution in [-0.4, -0.2) is 14.5 Å². The highest BCUT2D eigenvalue weighted by Crippen LogP contribution is 2.25. The highest BCUT2D eigenvalue weighted by Gasteiger charge is 2.13. The minimum absolute atomic E-state index is 0.0313. The quantitative estimate of drug-likeness (QED) is 0.736. The summed E-state index contributed by atoms with van der Waals surface area (Å²) in [6, 6.07) is 3.91. The predicted molar refractivity (Wildman–Crippen MR) is 88.8 cm³/mol. The normalized spacial score (nSPS) is 11.2. The van der Waals surface area contributed by atoms with E-state index in [4.69, 9.17) is 12.2 Å². The van der Waals surface area contributed by atoms with Gasteiger partial charge in [-0.3, -0.25) is 14.3 Å². The van der Waals surface area contributed by atoms with Gasteiger partial charge in [0.15, 0.2) is 4.77 Å². The van der Waals surface area contributed by atoms with Crippen LogP contribution in [0.15, 0.2) is 23.1 Å². The maximum Gasteiger partial charge on any atom is 0.263 e. The first kappa shape index (κ1) is 14.2. The third kappa shape index (κ3) is 2.45. The molecular formula is C15H15N3OS2. The van der Waals surface area contributed by atoms with E-state index in [2.05, 4.69) is 9.97 Å². The molecule has 3 rings (SSSR count). The zero-order valence-electron chi connectivity index (χ0n) is 12.1. The third-order valence-electron chi connectivity index (χ3n) is 3.62. The van der Waals surface area contributed by atoms with Crippen LogP contribution in [-0.2, 0) is 6.54 Å². The van der Waals surface area contributed by atoms with Gasteiger partial charge in [0.05, 0.1) is 11.9 Å². The number of aromatic nitrogens is 3. The van der Waals surface area contributed by atoms with Gasteiger partial charge in [-0.05, 0) is 50.2 Å². The van der Waals surface area contributed by atoms with Crippen LogP contribution in [0.2, 0.25) is 0 Å². The van der Waals surface area contributed by atoms with Crippen molar-refractivity contribution >= 4 is 33.8 Å². The number of thiophene rings is 1. The number of rotatable bonds is 2. The lowest BCUT2D eigenvalue weighted by atomic mass is 10.2. The highest BCUT2D eigenvalue weighted by molar-refractivity contribution is 7.71. The van der Waals surface area contributed by atoms with Crippen LogP contribution >= 0.6 is 23.6 Å². The van der Waals surface area contributed by atoms with Gasteiger partial charge in [0.1, 0.15) is 4.83 Å². The summed E-state index contributed by atoms with van der Waals surface area (Å²) in [6.07, 6.45) is 1.78. The van der Waals surface area contributed by atoms with Gasteiger partial charge in [0, 0.05) is 16.8 Å². The van der Waals surface area contributed by atoms with Crippen LogP contribution in [0.25, 0.3) is 10.2 Å². The molecule has 4 nitrogen and oxygen atoms in total. The van der Waals surface area contributed by atoms with Crippen molar-refractivity contribution in [1.82, 2.24) is 14.5 Å². The standard InChI is InChI=1S/C15H15N3OS2/c1-8-4-5-11(6-16-8)7-18-14(19)12-9(2)10(3)21-13(12)17-15(18)20/h4-6H,7H2,1-3H3,(H,17,20). The molecule has 0 unspecified atom stereocenters. The van der Waals surface area contributed by atoms with Crippen molar-refractivity contribution in [2.75, 3.05) is 0 Å². The molecule has 6 heteroatoms. The van der Waals surface area contributed by atoms with Gasteiger partial charge in [-0.2, -0.15) is 0 Å². The molecule has 1 N–H and O–H groups in total. The van der Waals surface area contributed by atoms with E-state index in [1.165, 1.54) is 0 Å². The lowest BCUT2D eigenvalue weighted by Crippen LogP contribution is -2.22. The van der Waals surface area contributed by atoms with Gasteiger partial charge in [-0.25, -0.2) is 0 Å². The SMILES string of the molecule is Cc1ccc(Cn2c(=S)[nH]c3sc(C)c(C)c3c2=O)cn1. The maximum atomic E-state index is 12.7. The second-order valence-electron chi connectivity index (χ2n) is 5.12. The second kappa shape index (κ2) is 5.20. The Hall–Kier alpha value is -1.79. The van der Waals surface area contributed by atoms with Crippen LogP contribution in [0.3, 0.4) is 0 Å². The van der Waals surface area contributed by atoms with E-state index in [-0.39, 0.29) is 5.56 Å². The lowest BCUT2D eigenvalue weighted by Gasteiger charge is -2.07. The third-order valence-corrected chi connectivity index (χ3v) is 5.07. The largest absolute Gasteiger partial charge is 0.323 e. The fourth-order valence-electron chi connectivity index (χ4n) is 2.28. The minimum atomic E-state index is -0.0313. The summed E-state index contributed by atoms with van der Waals surface area (Å²) in [5, 5.41) is 0.742. The first-order valence-electron chi connectivity index (χ1n) is 6.61. The Morgan fingerprint density at radius 3 is 2.76 bits per heavy atom. The van der Waals surface area contributed by atoms with E-state index in [0.29, 0.717) is 11.3 Å². The number of pyridine rings is 1. The monoisotopic (exact) mass is 317 g/mol. The van der Waals surface area contributed by atoms with Crippen molar-refractivity contribution < 1.29 is 0 Å². The van der Waals surface area contributed by atoms with Gasteiger partial charge in [-0.1, -0.05) is 6.07 Å². The van der Waals surface area contributed by atoms with Crippen molar-refractivity contribution in [1.29, 1.82) is 0 Å². The summed E-state index contributed by atoms with van der Waals surface area (Å²) in [5.41, 5.74) is 2.92. The Balaban J connectivity index is 2.18. The van der Waals surface area contributed by atoms with E-state index in [9.17, 15) is 4.79 Å². The van der Waals surface area contributed by atoms with E-state index >= 15 is 0 Å². The fraction of sp³-hybridized carbons (Fsp3) is 0.267. The van der Waals surface area contributed by atoms with Crippen molar-refractivity contribution in [3.8, 4) is 0 Å². The Labute approximate surface area is 131 Å². The molecule has 0 saturated carbocycles. The molecule has 0 bridgehead atoms. The molecule has 21 heavy (non-hydrogen) atoms. The predicted octanol–water partition coefficient (Wildman–Crippen LogP) is 3.49. The summed E-state index contributed by atoms with van der Waals surface area (Å²) >= 11 is 6.91. The fourth-order valence-corrected chi connectivity index (χ4v) is 3.65. The van der Waals surface area contributed by atoms with Gasteiger partial charge in [-0.15, -0.1) is 11.3 Å². The summed E-state index contributed by atoms with van der Waals surface area (Å²) < 4.78 is 2.05. The summed E-state index contributed by atoms with van der Waals surface area (Å²) in [7, 11) is 0. The number of fused-ring (bicyclic) bond motifs is 1. The average molecular weight is 317 g/mol. The van der Waals surface area contributed by atoms with E-state index in [1.807, 2.05) is 32.9 Å². The van der Waals surface area contributed by atoms with Crippen molar-refractivity contribution in [2.24, 2.45) is 0 Å². The van der Waals surface area contributed by atoms with Gasteiger partial charge >= 0.3 is 0 Å². The number of nitrogens with one attached hydrogen (secondary N) is 1. The molecule has 0 atom stereocenters. The molecule has 0 aliphatic carbocycles. The number of H-pyrrole nitrogens is 1. The molecule has 3 aromatic rings. The Bertz CT molecular complexity index is 932. The summed E-state index contributed by atoms with van der Waals surface area (Å²) in [5.74, 6) is 0. The van der Waals surface area contributed by atoms with Gasteiger partial charge in [0.25, 0.3) is 5.56 Å². The molecule has 0 fully saturated rings. The van der Waals surface area contributed by atoms with E-state index in [0.717, 1.165) is 31.9 Å². The Kier molecular flexibility index (Phi) is 3.51. The Morgan fingerprint density at radius 2 is 2.10 bits per heavy atom. The Morgan fingerprint density at radius 1 is 1.33 bits per heavy atom. The van der Waals surface area contributed by atoms with Gasteiger partial charge in [0.2, 0.25) is 0 Å². The number of hydrogen-bond donors (Lipinski definition) is 1. The van der Waals surface area contributed by atoms with Gasteiger partial charge < -0.3 is 4.98 Å². The molecule has 0 amide bonds. The van der Waals surface area contributed by atoms with Crippen LogP contribution < -0.4 is 5.56 Å². The molecule has 0 aromatic carbocycles. The number of nitrogens with zero attached hydrogens (tertiary/aromatic N) is 2. The molecule has 3 heterocycles. The number of aryl methyl sites for hydroxylation is 3. The summed E-state index contributed by atoms with van der Waals surface area (Å²) in [6.45, 7) is 6.37. The van der Waals surface area contributed by atoms with Crippen LogP contribution in [0.1, 0.15) is 21.7 Å². The van der Waals surface area contributed by atoms with E-state index in [1.54, 1.807) is 22.1 Å². The maximum absolute atomic E-state index is 12.7. The lowest BCUT2D eigenvalue weighted by molar-refractivity contribution is 0.731. The molecule has 0 aliphatic rings. The van der Waals surface area contributed by atoms with Crippen molar-refractivity contribution in [3.05, 3.63) is 55.2 Å². The van der Waals surface area contributed by atoms with E-state index < -0.39 is 0 Å². The van der Waals surface area contributed by atoms with Crippen molar-refractivity contribution in [3.63, 3.8) is 0 Å². The smallest absolute Gasteiger partial charge is 0.263 e. The minimum Gasteiger partial charge on any atom is -0.323 e. The van der Waals surface area contributed by atoms with Crippen molar-refractivity contribution in [2.45, 2.75) is 27.3 Å². The molecule has 0 spiro atoms. The second-order valence-corrected chi connectivity index (χ2v) is 6.73. The highest BCUT2D eigenvalue weighted by atomic mass is 32.1. The van der Waals surface area contributed by atoms with Crippen LogP contribution in [0.4, 0.5) is 0 Å². The molecule has 0 saturated heterocycles. The first-order chi connectivity index (χ1) is 9.97. The first-order valence-corrected chi connectivity index (χ1v) is 7.84. The van der Waals surface area contributed by atoms with Crippen LogP contribution in [0.5, 0.6) is 0 Å². The average Bonchev–Trinajstić information content (AvgIpc) is 2.72. The number of aromatic amines is 1. The van der Waals surface area contributed by atoms with Crippen LogP contribution in [0, 0.1) is 25.5 Å². The summed E-state index contributed by atoms with van der Waals surface area (Å²) in [4.78, 5) is 22.1. The zero-order valence-corrected chi connectivity index (χ0v) is 13.7. The molecular weight excluding hydrogens is 302 g/mol. The molecule has 0 radical (unpaired) electrons. The molecule has 108 valence electrons. The topological polar surface area (TPSA) is 50.7 Å². The molecule has 3 aromatic heterocycles. The molecule has 0 aliphatic heterocycles.